The van der Waals surface area contributed by atoms with Gasteiger partial charge in [-0.25, -0.2) is 4.79 Å². The molecule has 4 atom stereocenters. The molecule has 2 aliphatic rings. The summed E-state index contributed by atoms with van der Waals surface area (Å²) in [6.45, 7) is 0.0474. The van der Waals surface area contributed by atoms with Crippen LogP contribution in [0.25, 0.3) is 0 Å². The molecule has 0 bridgehead atoms. The molecule has 0 spiro atoms. The predicted molar refractivity (Wildman–Crippen MR) is 70.8 cm³/mol. The topological polar surface area (TPSA) is 125 Å². The maximum atomic E-state index is 11.9. The van der Waals surface area contributed by atoms with Gasteiger partial charge < -0.3 is 20.1 Å². The average Bonchev–Trinajstić information content (AvgIpc) is 3.22. The molecule has 1 aliphatic carbocycles. The van der Waals surface area contributed by atoms with Crippen molar-refractivity contribution in [1.82, 2.24) is 9.55 Å². The zero-order chi connectivity index (χ0) is 15.1. The van der Waals surface area contributed by atoms with Crippen molar-refractivity contribution < 1.29 is 20.1 Å². The van der Waals surface area contributed by atoms with Crippen molar-refractivity contribution in [3.8, 4) is 0 Å². The van der Waals surface area contributed by atoms with Crippen LogP contribution in [-0.2, 0) is 11.3 Å². The maximum absolute atomic E-state index is 11.9. The van der Waals surface area contributed by atoms with Crippen LogP contribution >= 0.6 is 0 Å². The molecule has 1 unspecified atom stereocenters. The van der Waals surface area contributed by atoms with Crippen molar-refractivity contribution >= 4 is 0 Å². The van der Waals surface area contributed by atoms with Gasteiger partial charge in [-0.05, 0) is 18.8 Å². The summed E-state index contributed by atoms with van der Waals surface area (Å²) in [5.74, 6) is 0.437. The summed E-state index contributed by atoms with van der Waals surface area (Å²) in [6.07, 6.45) is -1.14. The van der Waals surface area contributed by atoms with Crippen molar-refractivity contribution in [3.05, 3.63) is 32.6 Å². The highest BCUT2D eigenvalue weighted by Crippen LogP contribution is 2.32. The first kappa shape index (κ1) is 14.5. The van der Waals surface area contributed by atoms with E-state index in [0.717, 1.165) is 12.8 Å². The summed E-state index contributed by atoms with van der Waals surface area (Å²) in [7, 11) is 0. The van der Waals surface area contributed by atoms with Gasteiger partial charge in [0.2, 0.25) is 0 Å². The number of ether oxygens (including phenoxy) is 1. The SMILES string of the molecule is O=c1[nH]c(=O)n(CC2CC2)cc1[C@@H]1O[C@H](CO)C(O)[C@@H]1O. The first-order valence-electron chi connectivity index (χ1n) is 6.97. The molecule has 1 aromatic heterocycles. The molecular weight excluding hydrogens is 280 g/mol. The molecule has 4 N–H and O–H groups in total. The summed E-state index contributed by atoms with van der Waals surface area (Å²) < 4.78 is 6.72. The first-order chi connectivity index (χ1) is 10.0. The summed E-state index contributed by atoms with van der Waals surface area (Å²) in [5, 5.41) is 28.8. The molecule has 0 amide bonds. The van der Waals surface area contributed by atoms with Gasteiger partial charge in [0.25, 0.3) is 5.56 Å². The number of hydrogen-bond donors (Lipinski definition) is 4. The number of aromatic amines is 1. The van der Waals surface area contributed by atoms with E-state index in [2.05, 4.69) is 4.98 Å². The number of H-pyrrole nitrogens is 1. The van der Waals surface area contributed by atoms with Gasteiger partial charge in [0, 0.05) is 12.7 Å². The Balaban J connectivity index is 1.94. The van der Waals surface area contributed by atoms with Crippen molar-refractivity contribution in [3.63, 3.8) is 0 Å². The van der Waals surface area contributed by atoms with Gasteiger partial charge in [0.1, 0.15) is 24.4 Å². The van der Waals surface area contributed by atoms with Crippen LogP contribution < -0.4 is 11.2 Å². The van der Waals surface area contributed by atoms with Crippen LogP contribution in [0.1, 0.15) is 24.5 Å². The minimum atomic E-state index is -1.32. The van der Waals surface area contributed by atoms with Crippen molar-refractivity contribution in [1.29, 1.82) is 0 Å². The largest absolute Gasteiger partial charge is 0.394 e. The van der Waals surface area contributed by atoms with E-state index in [1.807, 2.05) is 0 Å². The quantitative estimate of drug-likeness (QED) is 0.514. The van der Waals surface area contributed by atoms with Crippen LogP contribution in [0.3, 0.4) is 0 Å². The number of nitrogens with zero attached hydrogens (tertiary/aromatic N) is 1. The fourth-order valence-electron chi connectivity index (χ4n) is 2.60. The van der Waals surface area contributed by atoms with E-state index in [1.165, 1.54) is 10.8 Å². The smallest absolute Gasteiger partial charge is 0.328 e. The third-order valence-electron chi connectivity index (χ3n) is 4.04. The number of rotatable bonds is 4. The lowest BCUT2D eigenvalue weighted by Gasteiger charge is -2.15. The van der Waals surface area contributed by atoms with Crippen LogP contribution in [0.5, 0.6) is 0 Å². The monoisotopic (exact) mass is 298 g/mol. The highest BCUT2D eigenvalue weighted by Gasteiger charge is 2.44. The summed E-state index contributed by atoms with van der Waals surface area (Å²) in [5.41, 5.74) is -1.07. The van der Waals surface area contributed by atoms with Crippen molar-refractivity contribution in [2.75, 3.05) is 6.61 Å². The Labute approximate surface area is 119 Å². The van der Waals surface area contributed by atoms with E-state index in [1.54, 1.807) is 0 Å². The van der Waals surface area contributed by atoms with Gasteiger partial charge in [-0.15, -0.1) is 0 Å². The standard InChI is InChI=1S/C13H18N2O6/c16-5-8-9(17)10(18)11(21-8)7-4-15(3-6-1-2-6)13(20)14-12(7)19/h4,6,8-11,16-18H,1-3,5H2,(H,14,19,20)/t8-,9?,10+,11+/m1/s1. The number of aromatic nitrogens is 2. The minimum Gasteiger partial charge on any atom is -0.394 e. The van der Waals surface area contributed by atoms with Crippen molar-refractivity contribution in [2.24, 2.45) is 5.92 Å². The lowest BCUT2D eigenvalue weighted by Crippen LogP contribution is -2.36. The Kier molecular flexibility index (Phi) is 3.70. The zero-order valence-electron chi connectivity index (χ0n) is 11.3. The second-order valence-electron chi connectivity index (χ2n) is 5.70. The number of nitrogens with one attached hydrogen (secondary N) is 1. The summed E-state index contributed by atoms with van der Waals surface area (Å²) in [6, 6.07) is 0. The molecule has 8 nitrogen and oxygen atoms in total. The van der Waals surface area contributed by atoms with Crippen LogP contribution in [0.2, 0.25) is 0 Å². The number of aliphatic hydroxyl groups is 3. The number of hydrogen-bond acceptors (Lipinski definition) is 6. The van der Waals surface area contributed by atoms with E-state index < -0.39 is 42.3 Å². The van der Waals surface area contributed by atoms with Gasteiger partial charge in [-0.1, -0.05) is 0 Å². The molecule has 116 valence electrons. The molecular formula is C13H18N2O6. The molecule has 2 fully saturated rings. The third kappa shape index (κ3) is 2.67. The van der Waals surface area contributed by atoms with Gasteiger partial charge in [-0.3, -0.25) is 14.3 Å². The third-order valence-corrected chi connectivity index (χ3v) is 4.04. The average molecular weight is 298 g/mol. The molecule has 21 heavy (non-hydrogen) atoms. The molecule has 0 aromatic carbocycles. The Bertz CT molecular complexity index is 634. The first-order valence-corrected chi connectivity index (χ1v) is 6.97. The lowest BCUT2D eigenvalue weighted by atomic mass is 10.0. The van der Waals surface area contributed by atoms with Gasteiger partial charge in [0.15, 0.2) is 0 Å². The fraction of sp³-hybridized carbons (Fsp3) is 0.692. The lowest BCUT2D eigenvalue weighted by molar-refractivity contribution is -0.0233. The molecule has 1 saturated heterocycles. The molecule has 2 heterocycles. The van der Waals surface area contributed by atoms with Crippen molar-refractivity contribution in [2.45, 2.75) is 43.8 Å². The predicted octanol–water partition coefficient (Wildman–Crippen LogP) is -1.90. The summed E-state index contributed by atoms with van der Waals surface area (Å²) in [4.78, 5) is 25.9. The Morgan fingerprint density at radius 3 is 2.57 bits per heavy atom. The Hall–Kier alpha value is -1.48. The molecule has 1 aromatic rings. The number of aliphatic hydroxyl groups excluding tert-OH is 3. The van der Waals surface area contributed by atoms with Crippen LogP contribution in [-0.4, -0.2) is 49.8 Å². The highest BCUT2D eigenvalue weighted by atomic mass is 16.6. The van der Waals surface area contributed by atoms with Crippen LogP contribution in [0, 0.1) is 5.92 Å². The maximum Gasteiger partial charge on any atom is 0.328 e. The van der Waals surface area contributed by atoms with E-state index in [0.29, 0.717) is 12.5 Å². The van der Waals surface area contributed by atoms with E-state index in [-0.39, 0.29) is 5.56 Å². The second kappa shape index (κ2) is 5.38. The second-order valence-corrected chi connectivity index (χ2v) is 5.70. The molecule has 8 heteroatoms. The minimum absolute atomic E-state index is 0.0813. The van der Waals surface area contributed by atoms with E-state index in [9.17, 15) is 19.8 Å². The van der Waals surface area contributed by atoms with Gasteiger partial charge in [0.05, 0.1) is 12.2 Å². The molecule has 1 saturated carbocycles. The van der Waals surface area contributed by atoms with Crippen LogP contribution in [0.4, 0.5) is 0 Å². The summed E-state index contributed by atoms with van der Waals surface area (Å²) >= 11 is 0. The normalized spacial score (nSPS) is 32.5. The molecule has 3 rings (SSSR count). The van der Waals surface area contributed by atoms with E-state index >= 15 is 0 Å². The Morgan fingerprint density at radius 1 is 1.29 bits per heavy atom. The Morgan fingerprint density at radius 2 is 2.00 bits per heavy atom. The highest BCUT2D eigenvalue weighted by molar-refractivity contribution is 5.14. The molecule has 0 radical (unpaired) electrons. The van der Waals surface area contributed by atoms with E-state index in [4.69, 9.17) is 9.84 Å². The van der Waals surface area contributed by atoms with Crippen LogP contribution in [0.15, 0.2) is 15.8 Å². The molecule has 1 aliphatic heterocycles. The fourth-order valence-corrected chi connectivity index (χ4v) is 2.60. The van der Waals surface area contributed by atoms with Gasteiger partial charge >= 0.3 is 5.69 Å². The zero-order valence-corrected chi connectivity index (χ0v) is 11.3. The van der Waals surface area contributed by atoms with Gasteiger partial charge in [-0.2, -0.15) is 0 Å².